The lowest BCUT2D eigenvalue weighted by Gasteiger charge is -2.45. The van der Waals surface area contributed by atoms with E-state index in [0.29, 0.717) is 0 Å². The quantitative estimate of drug-likeness (QED) is 0.542. The Morgan fingerprint density at radius 3 is 2.47 bits per heavy atom. The molecule has 0 aromatic heterocycles. The van der Waals surface area contributed by atoms with Gasteiger partial charge in [0.15, 0.2) is 0 Å². The van der Waals surface area contributed by atoms with Crippen molar-refractivity contribution in [3.8, 4) is 0 Å². The van der Waals surface area contributed by atoms with Crippen LogP contribution in [0.1, 0.15) is 64.2 Å². The van der Waals surface area contributed by atoms with Crippen LogP contribution in [0.25, 0.3) is 0 Å². The Morgan fingerprint density at radius 2 is 1.47 bits per heavy atom. The van der Waals surface area contributed by atoms with E-state index in [1.54, 1.807) is 32.1 Å². The molecule has 4 unspecified atom stereocenters. The first-order valence-electron chi connectivity index (χ1n) is 7.28. The van der Waals surface area contributed by atoms with E-state index in [-0.39, 0.29) is 0 Å². The fourth-order valence-electron chi connectivity index (χ4n) is 4.64. The van der Waals surface area contributed by atoms with Gasteiger partial charge in [-0.2, -0.15) is 0 Å². The van der Waals surface area contributed by atoms with Crippen LogP contribution >= 0.6 is 0 Å². The van der Waals surface area contributed by atoms with E-state index in [9.17, 15) is 0 Å². The van der Waals surface area contributed by atoms with Crippen molar-refractivity contribution >= 4 is 0 Å². The van der Waals surface area contributed by atoms with Crippen molar-refractivity contribution in [3.05, 3.63) is 6.42 Å². The Balaban J connectivity index is 1.74. The maximum absolute atomic E-state index is 2.72. The molecule has 0 nitrogen and oxygen atoms in total. The van der Waals surface area contributed by atoms with Crippen LogP contribution in [0.15, 0.2) is 0 Å². The lowest BCUT2D eigenvalue weighted by atomic mass is 9.60. The van der Waals surface area contributed by atoms with Gasteiger partial charge in [0.1, 0.15) is 0 Å². The molecule has 3 fully saturated rings. The Morgan fingerprint density at radius 1 is 0.667 bits per heavy atom. The van der Waals surface area contributed by atoms with E-state index in [4.69, 9.17) is 0 Å². The monoisotopic (exact) mass is 205 g/mol. The zero-order valence-corrected chi connectivity index (χ0v) is 9.96. The molecule has 0 amide bonds. The standard InChI is InChI=1S/C15H25/c1-2-6-12-10-11-13-7-4-5-9-15(13)14(12)8-3-1/h9,12-15H,1-8,10-11H2. The second-order valence-electron chi connectivity index (χ2n) is 6.14. The van der Waals surface area contributed by atoms with E-state index >= 15 is 0 Å². The van der Waals surface area contributed by atoms with Gasteiger partial charge in [-0.25, -0.2) is 0 Å². The Bertz CT molecular complexity index is 208. The Hall–Kier alpha value is 0. The van der Waals surface area contributed by atoms with Gasteiger partial charge in [0.25, 0.3) is 0 Å². The summed E-state index contributed by atoms with van der Waals surface area (Å²) in [6, 6.07) is 0. The van der Waals surface area contributed by atoms with Crippen LogP contribution in [0, 0.1) is 30.1 Å². The molecule has 15 heavy (non-hydrogen) atoms. The van der Waals surface area contributed by atoms with Crippen LogP contribution in [-0.4, -0.2) is 0 Å². The van der Waals surface area contributed by atoms with Crippen molar-refractivity contribution in [1.82, 2.24) is 0 Å². The molecule has 3 aliphatic rings. The minimum atomic E-state index is 1.04. The smallest absolute Gasteiger partial charge is 0.0324 e. The first kappa shape index (κ1) is 10.2. The van der Waals surface area contributed by atoms with E-state index in [0.717, 1.165) is 23.7 Å². The second-order valence-corrected chi connectivity index (χ2v) is 6.14. The zero-order valence-electron chi connectivity index (χ0n) is 9.96. The van der Waals surface area contributed by atoms with Gasteiger partial charge in [-0.1, -0.05) is 38.5 Å². The van der Waals surface area contributed by atoms with Crippen LogP contribution < -0.4 is 0 Å². The summed E-state index contributed by atoms with van der Waals surface area (Å²) in [7, 11) is 0. The highest BCUT2D eigenvalue weighted by atomic mass is 14.4. The Labute approximate surface area is 94.8 Å². The highest BCUT2D eigenvalue weighted by Crippen LogP contribution is 2.50. The van der Waals surface area contributed by atoms with Gasteiger partial charge in [0.2, 0.25) is 0 Å². The third kappa shape index (κ3) is 1.97. The third-order valence-electron chi connectivity index (χ3n) is 5.38. The highest BCUT2D eigenvalue weighted by molar-refractivity contribution is 4.97. The molecule has 1 radical (unpaired) electrons. The van der Waals surface area contributed by atoms with Gasteiger partial charge in [-0.05, 0) is 55.8 Å². The molecule has 0 heteroatoms. The fraction of sp³-hybridized carbons (Fsp3) is 0.933. The molecular weight excluding hydrogens is 180 g/mol. The van der Waals surface area contributed by atoms with Gasteiger partial charge in [0, 0.05) is 0 Å². The van der Waals surface area contributed by atoms with Crippen molar-refractivity contribution in [3.63, 3.8) is 0 Å². The summed E-state index contributed by atoms with van der Waals surface area (Å²) in [6.07, 6.45) is 18.0. The van der Waals surface area contributed by atoms with Crippen LogP contribution in [0.4, 0.5) is 0 Å². The molecule has 0 spiro atoms. The van der Waals surface area contributed by atoms with Gasteiger partial charge in [0.05, 0.1) is 0 Å². The molecule has 0 aliphatic heterocycles. The minimum Gasteiger partial charge on any atom is -0.0533 e. The maximum atomic E-state index is 2.72. The van der Waals surface area contributed by atoms with E-state index in [1.165, 1.54) is 32.1 Å². The van der Waals surface area contributed by atoms with E-state index in [1.807, 2.05) is 0 Å². The molecule has 0 saturated heterocycles. The molecule has 4 atom stereocenters. The number of hydrogen-bond donors (Lipinski definition) is 0. The summed E-state index contributed by atoms with van der Waals surface area (Å²) in [5.74, 6) is 4.35. The van der Waals surface area contributed by atoms with Gasteiger partial charge in [-0.15, -0.1) is 0 Å². The third-order valence-corrected chi connectivity index (χ3v) is 5.38. The van der Waals surface area contributed by atoms with E-state index in [2.05, 4.69) is 6.42 Å². The SMILES string of the molecule is [CH]1CCCC2CCC3CCCCCC3C12. The summed E-state index contributed by atoms with van der Waals surface area (Å²) < 4.78 is 0. The number of fused-ring (bicyclic) bond motifs is 3. The Kier molecular flexibility index (Phi) is 3.03. The van der Waals surface area contributed by atoms with Crippen LogP contribution in [-0.2, 0) is 0 Å². The molecule has 3 aliphatic carbocycles. The summed E-state index contributed by atoms with van der Waals surface area (Å²) in [4.78, 5) is 0. The number of hydrogen-bond acceptors (Lipinski definition) is 0. The van der Waals surface area contributed by atoms with Crippen LogP contribution in [0.2, 0.25) is 0 Å². The number of rotatable bonds is 0. The molecule has 85 valence electrons. The first-order valence-corrected chi connectivity index (χ1v) is 7.28. The van der Waals surface area contributed by atoms with E-state index < -0.39 is 0 Å². The van der Waals surface area contributed by atoms with Crippen molar-refractivity contribution in [2.24, 2.45) is 23.7 Å². The normalized spacial score (nSPS) is 46.4. The average Bonchev–Trinajstić information content (AvgIpc) is 2.54. The highest BCUT2D eigenvalue weighted by Gasteiger charge is 2.40. The molecule has 0 bridgehead atoms. The largest absolute Gasteiger partial charge is 0.0533 e. The topological polar surface area (TPSA) is 0 Å². The second kappa shape index (κ2) is 4.47. The molecule has 0 aromatic carbocycles. The molecule has 3 saturated carbocycles. The summed E-state index contributed by atoms with van der Waals surface area (Å²) in [5.41, 5.74) is 0. The zero-order chi connectivity index (χ0) is 10.1. The molecule has 3 rings (SSSR count). The van der Waals surface area contributed by atoms with Crippen molar-refractivity contribution in [2.45, 2.75) is 64.2 Å². The van der Waals surface area contributed by atoms with Crippen molar-refractivity contribution < 1.29 is 0 Å². The molecule has 0 aromatic rings. The van der Waals surface area contributed by atoms with Crippen LogP contribution in [0.5, 0.6) is 0 Å². The average molecular weight is 205 g/mol. The molecule has 0 heterocycles. The maximum Gasteiger partial charge on any atom is -0.0324 e. The van der Waals surface area contributed by atoms with Gasteiger partial charge in [-0.3, -0.25) is 0 Å². The summed E-state index contributed by atoms with van der Waals surface area (Å²) in [5, 5.41) is 0. The minimum absolute atomic E-state index is 1.04. The van der Waals surface area contributed by atoms with Crippen molar-refractivity contribution in [1.29, 1.82) is 0 Å². The lowest BCUT2D eigenvalue weighted by molar-refractivity contribution is 0.0817. The summed E-state index contributed by atoms with van der Waals surface area (Å²) in [6.45, 7) is 0. The summed E-state index contributed by atoms with van der Waals surface area (Å²) >= 11 is 0. The molecular formula is C15H25. The van der Waals surface area contributed by atoms with Crippen molar-refractivity contribution in [2.75, 3.05) is 0 Å². The lowest BCUT2D eigenvalue weighted by Crippen LogP contribution is -2.36. The van der Waals surface area contributed by atoms with Gasteiger partial charge < -0.3 is 0 Å². The predicted octanol–water partition coefficient (Wildman–Crippen LogP) is 4.60. The van der Waals surface area contributed by atoms with Crippen LogP contribution in [0.3, 0.4) is 0 Å². The van der Waals surface area contributed by atoms with Gasteiger partial charge >= 0.3 is 0 Å². The predicted molar refractivity (Wildman–Crippen MR) is 64.4 cm³/mol. The fourth-order valence-corrected chi connectivity index (χ4v) is 4.64. The first-order chi connectivity index (χ1) is 7.45. The molecule has 0 N–H and O–H groups in total.